The lowest BCUT2D eigenvalue weighted by molar-refractivity contribution is -0.122. The lowest BCUT2D eigenvalue weighted by atomic mass is 10.0. The number of anilines is 1. The van der Waals surface area contributed by atoms with Crippen LogP contribution in [0.1, 0.15) is 44.7 Å². The molecule has 3 N–H and O–H groups in total. The molecule has 6 nitrogen and oxygen atoms in total. The zero-order valence-corrected chi connectivity index (χ0v) is 17.5. The summed E-state index contributed by atoms with van der Waals surface area (Å²) in [6.07, 6.45) is 0.202. The Balaban J connectivity index is 1.81. The van der Waals surface area contributed by atoms with Crippen LogP contribution < -0.4 is 15.4 Å². The van der Waals surface area contributed by atoms with Gasteiger partial charge in [-0.1, -0.05) is 38.1 Å². The van der Waals surface area contributed by atoms with E-state index in [9.17, 15) is 14.7 Å². The number of amides is 2. The molecule has 0 unspecified atom stereocenters. The minimum atomic E-state index is -0.653. The Morgan fingerprint density at radius 1 is 1.00 bits per heavy atom. The number of carbonyl (C=O) groups is 2. The fraction of sp³-hybridized carbons (Fsp3) is 0.391. The third-order valence-electron chi connectivity index (χ3n) is 4.39. The van der Waals surface area contributed by atoms with E-state index < -0.39 is 5.54 Å². The Morgan fingerprint density at radius 2 is 1.62 bits per heavy atom. The summed E-state index contributed by atoms with van der Waals surface area (Å²) in [6.45, 7) is 7.54. The highest BCUT2D eigenvalue weighted by atomic mass is 16.5. The number of benzene rings is 2. The summed E-state index contributed by atoms with van der Waals surface area (Å²) in [6, 6.07) is 14.8. The van der Waals surface area contributed by atoms with Crippen LogP contribution in [0.25, 0.3) is 0 Å². The first kappa shape index (κ1) is 22.4. The predicted molar refractivity (Wildman–Crippen MR) is 114 cm³/mol. The van der Waals surface area contributed by atoms with E-state index in [2.05, 4.69) is 24.5 Å². The average molecular weight is 399 g/mol. The number of hydrogen-bond donors (Lipinski definition) is 3. The molecule has 0 spiro atoms. The molecule has 0 fully saturated rings. The third kappa shape index (κ3) is 7.58. The van der Waals surface area contributed by atoms with Crippen LogP contribution in [0.3, 0.4) is 0 Å². The maximum absolute atomic E-state index is 12.1. The summed E-state index contributed by atoms with van der Waals surface area (Å²) in [5, 5.41) is 14.8. The second-order valence-corrected chi connectivity index (χ2v) is 8.02. The molecule has 0 radical (unpaired) electrons. The molecule has 0 bridgehead atoms. The Bertz CT molecular complexity index is 812. The fourth-order valence-corrected chi connectivity index (χ4v) is 2.65. The molecule has 0 aliphatic heterocycles. The van der Waals surface area contributed by atoms with Crippen LogP contribution in [-0.4, -0.2) is 35.7 Å². The summed E-state index contributed by atoms with van der Waals surface area (Å²) in [5.74, 6) is 0.671. The van der Waals surface area contributed by atoms with E-state index in [1.165, 1.54) is 5.56 Å². The smallest absolute Gasteiger partial charge is 0.262 e. The lowest BCUT2D eigenvalue weighted by Crippen LogP contribution is -2.46. The first-order valence-electron chi connectivity index (χ1n) is 9.72. The molecule has 156 valence electrons. The van der Waals surface area contributed by atoms with E-state index in [1.54, 1.807) is 38.1 Å². The molecule has 29 heavy (non-hydrogen) atoms. The SMILES string of the molecule is CC(C)c1ccc(OCC(=O)Nc2ccc(CC(=O)NC(C)(C)CO)cc2)cc1. The quantitative estimate of drug-likeness (QED) is 0.605. The van der Waals surface area contributed by atoms with Crippen molar-refractivity contribution in [1.29, 1.82) is 0 Å². The molecule has 0 saturated heterocycles. The average Bonchev–Trinajstić information content (AvgIpc) is 2.68. The zero-order chi connectivity index (χ0) is 21.4. The Kier molecular flexibility index (Phi) is 7.79. The Hall–Kier alpha value is -2.86. The van der Waals surface area contributed by atoms with Crippen molar-refractivity contribution in [1.82, 2.24) is 5.32 Å². The molecule has 0 atom stereocenters. The van der Waals surface area contributed by atoms with Gasteiger partial charge in [-0.05, 0) is 55.2 Å². The first-order valence-corrected chi connectivity index (χ1v) is 9.72. The highest BCUT2D eigenvalue weighted by Crippen LogP contribution is 2.18. The maximum atomic E-state index is 12.1. The summed E-state index contributed by atoms with van der Waals surface area (Å²) >= 11 is 0. The molecular weight excluding hydrogens is 368 g/mol. The molecule has 6 heteroatoms. The van der Waals surface area contributed by atoms with Gasteiger partial charge in [-0.2, -0.15) is 0 Å². The van der Waals surface area contributed by atoms with Gasteiger partial charge < -0.3 is 20.5 Å². The van der Waals surface area contributed by atoms with Gasteiger partial charge in [0.25, 0.3) is 5.91 Å². The van der Waals surface area contributed by atoms with Crippen LogP contribution in [0.2, 0.25) is 0 Å². The normalized spacial score (nSPS) is 11.2. The molecule has 0 aliphatic rings. The van der Waals surface area contributed by atoms with Crippen LogP contribution in [0.4, 0.5) is 5.69 Å². The number of ether oxygens (including phenoxy) is 1. The van der Waals surface area contributed by atoms with Crippen molar-refractivity contribution in [2.24, 2.45) is 0 Å². The molecule has 2 rings (SSSR count). The molecule has 2 aromatic carbocycles. The van der Waals surface area contributed by atoms with E-state index in [0.29, 0.717) is 17.4 Å². The van der Waals surface area contributed by atoms with E-state index in [1.807, 2.05) is 24.3 Å². The predicted octanol–water partition coefficient (Wildman–Crippen LogP) is 3.26. The van der Waals surface area contributed by atoms with Gasteiger partial charge in [-0.25, -0.2) is 0 Å². The molecule has 0 saturated carbocycles. The van der Waals surface area contributed by atoms with E-state index in [-0.39, 0.29) is 31.4 Å². The summed E-state index contributed by atoms with van der Waals surface area (Å²) in [7, 11) is 0. The largest absolute Gasteiger partial charge is 0.484 e. The number of aliphatic hydroxyl groups is 1. The van der Waals surface area contributed by atoms with Crippen LogP contribution in [0.15, 0.2) is 48.5 Å². The first-order chi connectivity index (χ1) is 13.7. The Morgan fingerprint density at radius 3 is 2.17 bits per heavy atom. The van der Waals surface area contributed by atoms with E-state index >= 15 is 0 Å². The topological polar surface area (TPSA) is 87.7 Å². The van der Waals surface area contributed by atoms with E-state index in [0.717, 1.165) is 5.56 Å². The second kappa shape index (κ2) is 10.1. The van der Waals surface area contributed by atoms with Gasteiger partial charge in [0.15, 0.2) is 6.61 Å². The minimum Gasteiger partial charge on any atom is -0.484 e. The highest BCUT2D eigenvalue weighted by Gasteiger charge is 2.19. The Labute approximate surface area is 172 Å². The summed E-state index contributed by atoms with van der Waals surface area (Å²) < 4.78 is 5.52. The minimum absolute atomic E-state index is 0.0819. The third-order valence-corrected chi connectivity index (χ3v) is 4.39. The van der Waals surface area contributed by atoms with Crippen molar-refractivity contribution in [3.63, 3.8) is 0 Å². The van der Waals surface area contributed by atoms with Crippen LogP contribution in [0.5, 0.6) is 5.75 Å². The molecule has 2 amide bonds. The number of aliphatic hydroxyl groups excluding tert-OH is 1. The van der Waals surface area contributed by atoms with E-state index in [4.69, 9.17) is 4.74 Å². The molecular formula is C23H30N2O4. The summed E-state index contributed by atoms with van der Waals surface area (Å²) in [5.41, 5.74) is 2.01. The number of nitrogens with one attached hydrogen (secondary N) is 2. The van der Waals surface area contributed by atoms with Crippen molar-refractivity contribution in [3.8, 4) is 5.75 Å². The fourth-order valence-electron chi connectivity index (χ4n) is 2.65. The van der Waals surface area contributed by atoms with Crippen molar-refractivity contribution in [3.05, 3.63) is 59.7 Å². The van der Waals surface area contributed by atoms with Gasteiger partial charge in [0.2, 0.25) is 5.91 Å². The molecule has 2 aromatic rings. The van der Waals surface area contributed by atoms with Crippen molar-refractivity contribution in [2.45, 2.75) is 45.6 Å². The van der Waals surface area contributed by atoms with Gasteiger partial charge >= 0.3 is 0 Å². The van der Waals surface area contributed by atoms with Crippen LogP contribution in [-0.2, 0) is 16.0 Å². The monoisotopic (exact) mass is 398 g/mol. The van der Waals surface area contributed by atoms with Gasteiger partial charge in [0.1, 0.15) is 5.75 Å². The van der Waals surface area contributed by atoms with Crippen molar-refractivity contribution in [2.75, 3.05) is 18.5 Å². The number of carbonyl (C=O) groups excluding carboxylic acids is 2. The summed E-state index contributed by atoms with van der Waals surface area (Å²) in [4.78, 5) is 24.1. The molecule has 0 aliphatic carbocycles. The number of rotatable bonds is 9. The number of hydrogen-bond acceptors (Lipinski definition) is 4. The highest BCUT2D eigenvalue weighted by molar-refractivity contribution is 5.92. The van der Waals surface area contributed by atoms with Crippen molar-refractivity contribution >= 4 is 17.5 Å². The maximum Gasteiger partial charge on any atom is 0.262 e. The second-order valence-electron chi connectivity index (χ2n) is 8.02. The standard InChI is InChI=1S/C23H30N2O4/c1-16(2)18-7-11-20(12-8-18)29-14-22(28)24-19-9-5-17(6-10-19)13-21(27)25-23(3,4)15-26/h5-12,16,26H,13-15H2,1-4H3,(H,24,28)(H,25,27). The van der Waals surface area contributed by atoms with Gasteiger partial charge in [0, 0.05) is 5.69 Å². The lowest BCUT2D eigenvalue weighted by Gasteiger charge is -2.23. The zero-order valence-electron chi connectivity index (χ0n) is 17.5. The van der Waals surface area contributed by atoms with Gasteiger partial charge in [-0.3, -0.25) is 9.59 Å². The van der Waals surface area contributed by atoms with Gasteiger partial charge in [0.05, 0.1) is 18.6 Å². The molecule has 0 heterocycles. The van der Waals surface area contributed by atoms with Gasteiger partial charge in [-0.15, -0.1) is 0 Å². The van der Waals surface area contributed by atoms with Crippen molar-refractivity contribution < 1.29 is 19.4 Å². The molecule has 0 aromatic heterocycles. The van der Waals surface area contributed by atoms with Crippen LogP contribution in [0, 0.1) is 0 Å². The van der Waals surface area contributed by atoms with Crippen LogP contribution >= 0.6 is 0 Å².